The molecule has 2 aromatic carbocycles. The molecule has 0 fully saturated rings. The van der Waals surface area contributed by atoms with Crippen molar-refractivity contribution < 1.29 is 9.59 Å². The molecule has 2 heterocycles. The van der Waals surface area contributed by atoms with Crippen molar-refractivity contribution >= 4 is 28.8 Å². The zero-order valence-corrected chi connectivity index (χ0v) is 15.3. The van der Waals surface area contributed by atoms with Crippen LogP contribution in [0.3, 0.4) is 0 Å². The maximum Gasteiger partial charge on any atom is 0.271 e. The van der Waals surface area contributed by atoms with Gasteiger partial charge in [-0.2, -0.15) is 10.2 Å². The molecular weight excluding hydrogens is 354 g/mol. The molecule has 3 aromatic rings. The van der Waals surface area contributed by atoms with Crippen LogP contribution in [0, 0.1) is 0 Å². The standard InChI is InChI=1S/C21H19N5O2/c1-14(27)20-13-19(25-26(20)17-5-3-2-4-6-17)21(28)23-16-9-7-15(8-10-16)18-11-12-22-24-18/h2-12,20H,13H2,1H3,(H,22,24)(H,23,28). The molecule has 2 N–H and O–H groups in total. The summed E-state index contributed by atoms with van der Waals surface area (Å²) < 4.78 is 0. The molecule has 1 amide bonds. The average molecular weight is 373 g/mol. The molecule has 0 radical (unpaired) electrons. The monoisotopic (exact) mass is 373 g/mol. The van der Waals surface area contributed by atoms with Crippen LogP contribution in [0.25, 0.3) is 11.3 Å². The Balaban J connectivity index is 1.50. The number of Topliss-reactive ketones (excluding diaryl/α,β-unsaturated/α-hetero) is 1. The molecule has 0 saturated carbocycles. The number of benzene rings is 2. The average Bonchev–Trinajstić information content (AvgIpc) is 3.39. The number of aromatic amines is 1. The predicted octanol–water partition coefficient (Wildman–Crippen LogP) is 3.24. The van der Waals surface area contributed by atoms with Crippen molar-refractivity contribution in [3.8, 4) is 11.3 Å². The molecular formula is C21H19N5O2. The van der Waals surface area contributed by atoms with Crippen molar-refractivity contribution in [3.05, 3.63) is 66.9 Å². The molecule has 4 rings (SSSR count). The van der Waals surface area contributed by atoms with Crippen LogP contribution >= 0.6 is 0 Å². The molecule has 140 valence electrons. The lowest BCUT2D eigenvalue weighted by molar-refractivity contribution is -0.118. The van der Waals surface area contributed by atoms with E-state index in [0.29, 0.717) is 11.4 Å². The fraction of sp³-hybridized carbons (Fsp3) is 0.143. The third-order valence-electron chi connectivity index (χ3n) is 4.62. The summed E-state index contributed by atoms with van der Waals surface area (Å²) in [6.45, 7) is 1.52. The van der Waals surface area contributed by atoms with Crippen molar-refractivity contribution in [1.29, 1.82) is 0 Å². The summed E-state index contributed by atoms with van der Waals surface area (Å²) in [7, 11) is 0. The van der Waals surface area contributed by atoms with Crippen LogP contribution in [0.5, 0.6) is 0 Å². The number of nitrogens with zero attached hydrogens (tertiary/aromatic N) is 3. The Bertz CT molecular complexity index is 1010. The van der Waals surface area contributed by atoms with Crippen molar-refractivity contribution in [2.45, 2.75) is 19.4 Å². The number of hydrogen-bond donors (Lipinski definition) is 2. The molecule has 1 atom stereocenters. The summed E-state index contributed by atoms with van der Waals surface area (Å²) in [5.41, 5.74) is 3.66. The molecule has 28 heavy (non-hydrogen) atoms. The molecule has 1 unspecified atom stereocenters. The van der Waals surface area contributed by atoms with Crippen molar-refractivity contribution in [3.63, 3.8) is 0 Å². The number of aromatic nitrogens is 2. The van der Waals surface area contributed by atoms with E-state index in [4.69, 9.17) is 0 Å². The third-order valence-corrected chi connectivity index (χ3v) is 4.62. The van der Waals surface area contributed by atoms with Gasteiger partial charge in [-0.25, -0.2) is 0 Å². The number of ketones is 1. The normalized spacial score (nSPS) is 16.0. The van der Waals surface area contributed by atoms with Gasteiger partial charge in [-0.1, -0.05) is 30.3 Å². The number of rotatable bonds is 5. The molecule has 0 bridgehead atoms. The number of amides is 1. The first-order valence-corrected chi connectivity index (χ1v) is 8.95. The largest absolute Gasteiger partial charge is 0.321 e. The minimum absolute atomic E-state index is 0.0284. The van der Waals surface area contributed by atoms with Gasteiger partial charge in [0.25, 0.3) is 5.91 Å². The Hall–Kier alpha value is -3.74. The summed E-state index contributed by atoms with van der Waals surface area (Å²) in [6.07, 6.45) is 1.97. The Labute approximate surface area is 162 Å². The second-order valence-electron chi connectivity index (χ2n) is 6.56. The summed E-state index contributed by atoms with van der Waals surface area (Å²) >= 11 is 0. The lowest BCUT2D eigenvalue weighted by Gasteiger charge is -2.20. The van der Waals surface area contributed by atoms with E-state index in [0.717, 1.165) is 16.9 Å². The van der Waals surface area contributed by atoms with E-state index >= 15 is 0 Å². The summed E-state index contributed by atoms with van der Waals surface area (Å²) in [5, 5.41) is 15.7. The highest BCUT2D eigenvalue weighted by molar-refractivity contribution is 6.44. The number of carbonyl (C=O) groups excluding carboxylic acids is 2. The van der Waals surface area contributed by atoms with Gasteiger partial charge < -0.3 is 5.32 Å². The minimum Gasteiger partial charge on any atom is -0.321 e. The topological polar surface area (TPSA) is 90.4 Å². The molecule has 0 spiro atoms. The SMILES string of the molecule is CC(=O)C1CC(C(=O)Nc2ccc(-c3ccn[nH]3)cc2)=NN1c1ccccc1. The van der Waals surface area contributed by atoms with Crippen LogP contribution in [0.15, 0.2) is 72.0 Å². The van der Waals surface area contributed by atoms with Gasteiger partial charge in [-0.05, 0) is 42.8 Å². The van der Waals surface area contributed by atoms with Crippen LogP contribution in [0.1, 0.15) is 13.3 Å². The molecule has 0 aliphatic carbocycles. The van der Waals surface area contributed by atoms with Gasteiger partial charge >= 0.3 is 0 Å². The van der Waals surface area contributed by atoms with E-state index in [1.54, 1.807) is 11.2 Å². The summed E-state index contributed by atoms with van der Waals surface area (Å²) in [6, 6.07) is 18.2. The van der Waals surface area contributed by atoms with E-state index in [9.17, 15) is 9.59 Å². The van der Waals surface area contributed by atoms with E-state index in [-0.39, 0.29) is 18.1 Å². The zero-order chi connectivity index (χ0) is 19.5. The number of para-hydroxylation sites is 1. The molecule has 7 nitrogen and oxygen atoms in total. The zero-order valence-electron chi connectivity index (χ0n) is 15.3. The van der Waals surface area contributed by atoms with Gasteiger partial charge in [0.05, 0.1) is 11.4 Å². The number of carbonyl (C=O) groups is 2. The van der Waals surface area contributed by atoms with Gasteiger partial charge in [0.15, 0.2) is 5.78 Å². The predicted molar refractivity (Wildman–Crippen MR) is 108 cm³/mol. The van der Waals surface area contributed by atoms with Crippen LogP contribution < -0.4 is 10.3 Å². The smallest absolute Gasteiger partial charge is 0.271 e. The van der Waals surface area contributed by atoms with Crippen LogP contribution in [-0.4, -0.2) is 33.6 Å². The minimum atomic E-state index is -0.467. The number of nitrogens with one attached hydrogen (secondary N) is 2. The highest BCUT2D eigenvalue weighted by Gasteiger charge is 2.34. The maximum atomic E-state index is 12.7. The second kappa shape index (κ2) is 7.48. The molecule has 1 aliphatic rings. The van der Waals surface area contributed by atoms with Gasteiger partial charge in [-0.15, -0.1) is 0 Å². The van der Waals surface area contributed by atoms with Gasteiger partial charge in [0, 0.05) is 18.3 Å². The second-order valence-corrected chi connectivity index (χ2v) is 6.56. The van der Waals surface area contributed by atoms with E-state index in [2.05, 4.69) is 20.6 Å². The first-order chi connectivity index (χ1) is 13.6. The molecule has 1 aromatic heterocycles. The van der Waals surface area contributed by atoms with E-state index in [1.165, 1.54) is 6.92 Å². The number of anilines is 2. The van der Waals surface area contributed by atoms with Gasteiger partial charge in [0.1, 0.15) is 11.8 Å². The van der Waals surface area contributed by atoms with Crippen molar-refractivity contribution in [1.82, 2.24) is 10.2 Å². The first-order valence-electron chi connectivity index (χ1n) is 8.95. The van der Waals surface area contributed by atoms with Gasteiger partial charge in [-0.3, -0.25) is 19.7 Å². The number of hydrogen-bond acceptors (Lipinski definition) is 5. The fourth-order valence-corrected chi connectivity index (χ4v) is 3.14. The summed E-state index contributed by atoms with van der Waals surface area (Å²) in [5.74, 6) is -0.335. The molecule has 0 saturated heterocycles. The van der Waals surface area contributed by atoms with Crippen LogP contribution in [0.4, 0.5) is 11.4 Å². The van der Waals surface area contributed by atoms with E-state index < -0.39 is 6.04 Å². The molecule has 7 heteroatoms. The van der Waals surface area contributed by atoms with Crippen molar-refractivity contribution in [2.75, 3.05) is 10.3 Å². The Morgan fingerprint density at radius 3 is 2.46 bits per heavy atom. The number of hydrazone groups is 1. The quantitative estimate of drug-likeness (QED) is 0.718. The van der Waals surface area contributed by atoms with Gasteiger partial charge in [0.2, 0.25) is 0 Å². The number of H-pyrrole nitrogens is 1. The lowest BCUT2D eigenvalue weighted by atomic mass is 10.1. The Kier molecular flexibility index (Phi) is 4.72. The van der Waals surface area contributed by atoms with Crippen LogP contribution in [0.2, 0.25) is 0 Å². The highest BCUT2D eigenvalue weighted by atomic mass is 16.2. The summed E-state index contributed by atoms with van der Waals surface area (Å²) in [4.78, 5) is 24.7. The Morgan fingerprint density at radius 1 is 1.07 bits per heavy atom. The highest BCUT2D eigenvalue weighted by Crippen LogP contribution is 2.26. The van der Waals surface area contributed by atoms with E-state index in [1.807, 2.05) is 60.7 Å². The Morgan fingerprint density at radius 2 is 1.82 bits per heavy atom. The fourth-order valence-electron chi connectivity index (χ4n) is 3.14. The lowest BCUT2D eigenvalue weighted by Crippen LogP contribution is -2.33. The molecule has 1 aliphatic heterocycles. The third kappa shape index (κ3) is 3.55. The maximum absolute atomic E-state index is 12.7. The van der Waals surface area contributed by atoms with Crippen LogP contribution in [-0.2, 0) is 9.59 Å². The van der Waals surface area contributed by atoms with Crippen molar-refractivity contribution in [2.24, 2.45) is 5.10 Å². The first kappa shape index (κ1) is 17.7.